The number of hydrogen-bond donors (Lipinski definition) is 1. The average molecular weight is 411 g/mol. The van der Waals surface area contributed by atoms with E-state index in [0.29, 0.717) is 17.8 Å². The molecule has 0 radical (unpaired) electrons. The first-order chi connectivity index (χ1) is 13.3. The first kappa shape index (κ1) is 20.4. The summed E-state index contributed by atoms with van der Waals surface area (Å²) in [6.07, 6.45) is 0. The zero-order valence-corrected chi connectivity index (χ0v) is 18.1. The summed E-state index contributed by atoms with van der Waals surface area (Å²) in [6, 6.07) is 12.0. The van der Waals surface area contributed by atoms with Gasteiger partial charge in [0.1, 0.15) is 5.02 Å². The van der Waals surface area contributed by atoms with E-state index in [4.69, 9.17) is 11.6 Å². The Kier molecular flexibility index (Phi) is 6.41. The van der Waals surface area contributed by atoms with Crippen LogP contribution in [-0.4, -0.2) is 23.5 Å². The summed E-state index contributed by atoms with van der Waals surface area (Å²) in [5, 5.41) is 0.244. The van der Waals surface area contributed by atoms with E-state index in [-0.39, 0.29) is 10.5 Å². The summed E-state index contributed by atoms with van der Waals surface area (Å²) in [6.45, 7) is 7.42. The van der Waals surface area contributed by atoms with Gasteiger partial charge in [-0.05, 0) is 57.6 Å². The topological polar surface area (TPSA) is 36.1 Å². The number of benzene rings is 1. The summed E-state index contributed by atoms with van der Waals surface area (Å²) in [5.74, 6) is 6.41. The van der Waals surface area contributed by atoms with Crippen LogP contribution in [0.3, 0.4) is 0 Å². The maximum absolute atomic E-state index is 12.5. The Bertz CT molecular complexity index is 1100. The van der Waals surface area contributed by atoms with Gasteiger partial charge in [-0.1, -0.05) is 35.6 Å². The van der Waals surface area contributed by atoms with Crippen LogP contribution >= 0.6 is 22.9 Å². The number of hydrogen-bond acceptors (Lipinski definition) is 3. The lowest BCUT2D eigenvalue weighted by Gasteiger charge is -2.11. The molecule has 5 heteroatoms. The van der Waals surface area contributed by atoms with Crippen LogP contribution in [0, 0.1) is 32.6 Å². The minimum absolute atomic E-state index is 0.139. The van der Waals surface area contributed by atoms with Gasteiger partial charge in [0.15, 0.2) is 0 Å². The predicted octanol–water partition coefficient (Wildman–Crippen LogP) is 5.17. The zero-order chi connectivity index (χ0) is 20.3. The molecule has 0 fully saturated rings. The standard InChI is InChI=1S/C23H23ClN2OS/c1-15-7-12-20(28-15)14-26(4)13-5-6-18-8-10-19(11-9-18)21-16(2)25-17(3)22(24)23(21)27/h7-12H,13-14H2,1-4H3,(H,25,27). The van der Waals surface area contributed by atoms with Gasteiger partial charge in [0.05, 0.1) is 6.54 Å². The molecule has 0 saturated carbocycles. The third-order valence-corrected chi connectivity index (χ3v) is 5.92. The van der Waals surface area contributed by atoms with Crippen LogP contribution in [0.2, 0.25) is 5.02 Å². The monoisotopic (exact) mass is 410 g/mol. The van der Waals surface area contributed by atoms with Gasteiger partial charge in [-0.25, -0.2) is 0 Å². The number of thiophene rings is 1. The molecule has 0 amide bonds. The molecular formula is C23H23ClN2OS. The molecule has 0 aliphatic heterocycles. The number of rotatable bonds is 4. The van der Waals surface area contributed by atoms with E-state index in [2.05, 4.69) is 47.8 Å². The lowest BCUT2D eigenvalue weighted by molar-refractivity contribution is 0.372. The molecule has 3 aromatic rings. The van der Waals surface area contributed by atoms with E-state index < -0.39 is 0 Å². The minimum atomic E-state index is -0.139. The van der Waals surface area contributed by atoms with Crippen molar-refractivity contribution in [2.75, 3.05) is 13.6 Å². The molecule has 1 aromatic carbocycles. The number of halogens is 1. The second kappa shape index (κ2) is 8.79. The minimum Gasteiger partial charge on any atom is -0.361 e. The number of aryl methyl sites for hydroxylation is 3. The highest BCUT2D eigenvalue weighted by Crippen LogP contribution is 2.22. The van der Waals surface area contributed by atoms with Crippen molar-refractivity contribution in [1.29, 1.82) is 0 Å². The fraction of sp³-hybridized carbons (Fsp3) is 0.261. The third kappa shape index (κ3) is 4.74. The quantitative estimate of drug-likeness (QED) is 0.602. The maximum atomic E-state index is 12.5. The lowest BCUT2D eigenvalue weighted by Crippen LogP contribution is -2.17. The molecule has 2 heterocycles. The van der Waals surface area contributed by atoms with Gasteiger partial charge >= 0.3 is 0 Å². The van der Waals surface area contributed by atoms with E-state index in [0.717, 1.165) is 23.4 Å². The molecule has 0 spiro atoms. The molecule has 2 aromatic heterocycles. The number of H-pyrrole nitrogens is 1. The normalized spacial score (nSPS) is 10.8. The van der Waals surface area contributed by atoms with Gasteiger partial charge in [0, 0.05) is 38.8 Å². The van der Waals surface area contributed by atoms with Gasteiger partial charge in [-0.2, -0.15) is 0 Å². The van der Waals surface area contributed by atoms with Crippen molar-refractivity contribution in [3.05, 3.63) is 78.3 Å². The van der Waals surface area contributed by atoms with Crippen molar-refractivity contribution in [3.63, 3.8) is 0 Å². The van der Waals surface area contributed by atoms with E-state index in [1.165, 1.54) is 9.75 Å². The number of aromatic amines is 1. The Morgan fingerprint density at radius 2 is 1.79 bits per heavy atom. The van der Waals surface area contributed by atoms with E-state index in [1.807, 2.05) is 42.5 Å². The second-order valence-electron chi connectivity index (χ2n) is 6.96. The largest absolute Gasteiger partial charge is 0.361 e. The summed E-state index contributed by atoms with van der Waals surface area (Å²) in [5.41, 5.74) is 3.75. The highest BCUT2D eigenvalue weighted by Gasteiger charge is 2.12. The molecule has 0 unspecified atom stereocenters. The molecule has 0 aliphatic rings. The average Bonchev–Trinajstić information content (AvgIpc) is 3.06. The second-order valence-corrected chi connectivity index (χ2v) is 8.71. The summed E-state index contributed by atoms with van der Waals surface area (Å²) in [7, 11) is 2.07. The first-order valence-corrected chi connectivity index (χ1v) is 10.3. The van der Waals surface area contributed by atoms with Crippen LogP contribution < -0.4 is 5.43 Å². The fourth-order valence-corrected chi connectivity index (χ4v) is 4.20. The van der Waals surface area contributed by atoms with Crippen LogP contribution in [-0.2, 0) is 6.54 Å². The molecular weight excluding hydrogens is 388 g/mol. The Hall–Kier alpha value is -2.32. The van der Waals surface area contributed by atoms with Gasteiger partial charge in [0.2, 0.25) is 5.43 Å². The van der Waals surface area contributed by atoms with Crippen molar-refractivity contribution >= 4 is 22.9 Å². The predicted molar refractivity (Wildman–Crippen MR) is 119 cm³/mol. The smallest absolute Gasteiger partial charge is 0.208 e. The van der Waals surface area contributed by atoms with E-state index in [1.54, 1.807) is 6.92 Å². The summed E-state index contributed by atoms with van der Waals surface area (Å²) in [4.78, 5) is 20.6. The Balaban J connectivity index is 1.70. The van der Waals surface area contributed by atoms with Gasteiger partial charge in [-0.3, -0.25) is 9.69 Å². The van der Waals surface area contributed by atoms with Crippen LogP contribution in [0.4, 0.5) is 0 Å². The molecule has 0 bridgehead atoms. The maximum Gasteiger partial charge on any atom is 0.208 e. The zero-order valence-electron chi connectivity index (χ0n) is 16.5. The fourth-order valence-electron chi connectivity index (χ4n) is 3.09. The van der Waals surface area contributed by atoms with Gasteiger partial charge in [0.25, 0.3) is 0 Å². The van der Waals surface area contributed by atoms with Crippen LogP contribution in [0.5, 0.6) is 0 Å². The highest BCUT2D eigenvalue weighted by molar-refractivity contribution is 7.11. The molecule has 0 atom stereocenters. The summed E-state index contributed by atoms with van der Waals surface area (Å²) < 4.78 is 0. The summed E-state index contributed by atoms with van der Waals surface area (Å²) >= 11 is 7.95. The highest BCUT2D eigenvalue weighted by atomic mass is 35.5. The number of pyridine rings is 1. The van der Waals surface area contributed by atoms with Crippen molar-refractivity contribution in [3.8, 4) is 23.0 Å². The Labute approximate surface area is 175 Å². The first-order valence-electron chi connectivity index (χ1n) is 9.07. The molecule has 0 saturated heterocycles. The van der Waals surface area contributed by atoms with Crippen LogP contribution in [0.15, 0.2) is 41.2 Å². The van der Waals surface area contributed by atoms with Crippen molar-refractivity contribution in [1.82, 2.24) is 9.88 Å². The number of nitrogens with zero attached hydrogens (tertiary/aromatic N) is 1. The Morgan fingerprint density at radius 3 is 2.43 bits per heavy atom. The molecule has 3 rings (SSSR count). The van der Waals surface area contributed by atoms with Crippen molar-refractivity contribution in [2.24, 2.45) is 0 Å². The van der Waals surface area contributed by atoms with E-state index in [9.17, 15) is 4.79 Å². The lowest BCUT2D eigenvalue weighted by atomic mass is 10.0. The molecule has 0 aliphatic carbocycles. The molecule has 3 nitrogen and oxygen atoms in total. The van der Waals surface area contributed by atoms with E-state index >= 15 is 0 Å². The van der Waals surface area contributed by atoms with Gasteiger partial charge < -0.3 is 4.98 Å². The van der Waals surface area contributed by atoms with Crippen LogP contribution in [0.1, 0.15) is 26.7 Å². The molecule has 28 heavy (non-hydrogen) atoms. The Morgan fingerprint density at radius 1 is 1.07 bits per heavy atom. The molecule has 144 valence electrons. The number of nitrogens with one attached hydrogen (secondary N) is 1. The number of aromatic nitrogens is 1. The molecule has 1 N–H and O–H groups in total. The SMILES string of the molecule is Cc1ccc(CN(C)CC#Cc2ccc(-c3c(C)[nH]c(C)c(Cl)c3=O)cc2)s1. The third-order valence-electron chi connectivity index (χ3n) is 4.48. The van der Waals surface area contributed by atoms with Gasteiger partial charge in [-0.15, -0.1) is 11.3 Å². The van der Waals surface area contributed by atoms with Crippen molar-refractivity contribution < 1.29 is 0 Å². The van der Waals surface area contributed by atoms with Crippen LogP contribution in [0.25, 0.3) is 11.1 Å². The van der Waals surface area contributed by atoms with Crippen molar-refractivity contribution in [2.45, 2.75) is 27.3 Å².